The normalized spacial score (nSPS) is 10.2. The lowest BCUT2D eigenvalue weighted by atomic mass is 10.1. The molecule has 98 valence electrons. The average Bonchev–Trinajstić information content (AvgIpc) is 2.41. The van der Waals surface area contributed by atoms with Gasteiger partial charge in [-0.15, -0.1) is 0 Å². The molecule has 0 fully saturated rings. The molecule has 0 aliphatic carbocycles. The predicted molar refractivity (Wildman–Crippen MR) is 73.1 cm³/mol. The highest BCUT2D eigenvalue weighted by Crippen LogP contribution is 2.09. The van der Waals surface area contributed by atoms with Gasteiger partial charge >= 0.3 is 0 Å². The Morgan fingerprint density at radius 1 is 1.26 bits per heavy atom. The zero-order chi connectivity index (χ0) is 13.7. The van der Waals surface area contributed by atoms with Crippen molar-refractivity contribution in [2.24, 2.45) is 0 Å². The molecule has 0 aliphatic heterocycles. The Balaban J connectivity index is 1.86. The molecule has 1 amide bonds. The third kappa shape index (κ3) is 3.81. The van der Waals surface area contributed by atoms with Gasteiger partial charge in [-0.2, -0.15) is 0 Å². The van der Waals surface area contributed by atoms with Gasteiger partial charge in [-0.25, -0.2) is 0 Å². The van der Waals surface area contributed by atoms with Crippen LogP contribution in [0.25, 0.3) is 0 Å². The van der Waals surface area contributed by atoms with Gasteiger partial charge in [-0.1, -0.05) is 12.1 Å². The number of nitrogens with zero attached hydrogens (tertiary/aromatic N) is 1. The Hall–Kier alpha value is -2.36. The monoisotopic (exact) mass is 256 g/mol. The fourth-order valence-corrected chi connectivity index (χ4v) is 1.77. The maximum absolute atomic E-state index is 11.9. The summed E-state index contributed by atoms with van der Waals surface area (Å²) in [4.78, 5) is 15.9. The summed E-state index contributed by atoms with van der Waals surface area (Å²) in [6, 6.07) is 10.4. The van der Waals surface area contributed by atoms with Crippen LogP contribution in [0.4, 0.5) is 0 Å². The number of benzene rings is 1. The molecule has 1 aromatic carbocycles. The Kier molecular flexibility index (Phi) is 4.13. The summed E-state index contributed by atoms with van der Waals surface area (Å²) in [5.41, 5.74) is 2.52. The van der Waals surface area contributed by atoms with Gasteiger partial charge in [0.2, 0.25) is 0 Å². The van der Waals surface area contributed by atoms with E-state index in [0.717, 1.165) is 17.7 Å². The maximum Gasteiger partial charge on any atom is 0.251 e. The number of aromatic nitrogens is 1. The quantitative estimate of drug-likeness (QED) is 0.880. The first-order valence-electron chi connectivity index (χ1n) is 6.14. The van der Waals surface area contributed by atoms with Gasteiger partial charge in [-0.3, -0.25) is 9.78 Å². The smallest absolute Gasteiger partial charge is 0.251 e. The van der Waals surface area contributed by atoms with E-state index < -0.39 is 0 Å². The van der Waals surface area contributed by atoms with Crippen LogP contribution in [-0.4, -0.2) is 22.5 Å². The molecule has 2 aromatic rings. The van der Waals surface area contributed by atoms with Gasteiger partial charge in [0, 0.05) is 24.0 Å². The van der Waals surface area contributed by atoms with Crippen molar-refractivity contribution >= 4 is 5.91 Å². The topological polar surface area (TPSA) is 62.2 Å². The lowest BCUT2D eigenvalue weighted by molar-refractivity contribution is 0.0954. The molecule has 1 heterocycles. The SMILES string of the molecule is Cc1cc(C(=O)NCCc2ccc(O)cc2)ccn1. The van der Waals surface area contributed by atoms with Crippen molar-refractivity contribution in [3.05, 3.63) is 59.4 Å². The fourth-order valence-electron chi connectivity index (χ4n) is 1.77. The molecule has 4 heteroatoms. The number of hydrogen-bond acceptors (Lipinski definition) is 3. The van der Waals surface area contributed by atoms with Crippen molar-refractivity contribution in [2.45, 2.75) is 13.3 Å². The molecular formula is C15H16N2O2. The van der Waals surface area contributed by atoms with Crippen molar-refractivity contribution < 1.29 is 9.90 Å². The third-order valence-electron chi connectivity index (χ3n) is 2.79. The van der Waals surface area contributed by atoms with E-state index in [1.807, 2.05) is 19.1 Å². The molecule has 0 atom stereocenters. The molecule has 4 nitrogen and oxygen atoms in total. The number of rotatable bonds is 4. The summed E-state index contributed by atoms with van der Waals surface area (Å²) in [6.07, 6.45) is 2.36. The maximum atomic E-state index is 11.9. The van der Waals surface area contributed by atoms with Crippen LogP contribution < -0.4 is 5.32 Å². The van der Waals surface area contributed by atoms with Crippen LogP contribution >= 0.6 is 0 Å². The summed E-state index contributed by atoms with van der Waals surface area (Å²) < 4.78 is 0. The highest BCUT2D eigenvalue weighted by molar-refractivity contribution is 5.94. The average molecular weight is 256 g/mol. The zero-order valence-electron chi connectivity index (χ0n) is 10.8. The van der Waals surface area contributed by atoms with Gasteiger partial charge in [0.15, 0.2) is 0 Å². The molecule has 1 aromatic heterocycles. The van der Waals surface area contributed by atoms with E-state index in [9.17, 15) is 4.79 Å². The molecule has 0 bridgehead atoms. The van der Waals surface area contributed by atoms with E-state index in [1.165, 1.54) is 0 Å². The summed E-state index contributed by atoms with van der Waals surface area (Å²) >= 11 is 0. The number of phenolic OH excluding ortho intramolecular Hbond substituents is 1. The van der Waals surface area contributed by atoms with E-state index in [1.54, 1.807) is 30.5 Å². The molecular weight excluding hydrogens is 240 g/mol. The van der Waals surface area contributed by atoms with Crippen molar-refractivity contribution in [3.63, 3.8) is 0 Å². The molecule has 0 saturated heterocycles. The number of pyridine rings is 1. The van der Waals surface area contributed by atoms with Gasteiger partial charge in [0.25, 0.3) is 5.91 Å². The molecule has 0 aliphatic rings. The van der Waals surface area contributed by atoms with Crippen LogP contribution in [0, 0.1) is 6.92 Å². The van der Waals surface area contributed by atoms with Crippen LogP contribution in [-0.2, 0) is 6.42 Å². The van der Waals surface area contributed by atoms with E-state index >= 15 is 0 Å². The Bertz CT molecular complexity index is 565. The highest BCUT2D eigenvalue weighted by atomic mass is 16.3. The predicted octanol–water partition coefficient (Wildman–Crippen LogP) is 2.07. The third-order valence-corrected chi connectivity index (χ3v) is 2.79. The van der Waals surface area contributed by atoms with Gasteiger partial charge in [0.05, 0.1) is 0 Å². The minimum atomic E-state index is -0.0933. The lowest BCUT2D eigenvalue weighted by Gasteiger charge is -2.06. The standard InChI is InChI=1S/C15H16N2O2/c1-11-10-13(7-9-16-11)15(19)17-8-6-12-2-4-14(18)5-3-12/h2-5,7,9-10,18H,6,8H2,1H3,(H,17,19). The number of carbonyl (C=O) groups excluding carboxylic acids is 1. The van der Waals surface area contributed by atoms with E-state index in [4.69, 9.17) is 5.11 Å². The number of aryl methyl sites for hydroxylation is 1. The number of aromatic hydroxyl groups is 1. The first-order chi connectivity index (χ1) is 9.15. The van der Waals surface area contributed by atoms with E-state index in [2.05, 4.69) is 10.3 Å². The highest BCUT2D eigenvalue weighted by Gasteiger charge is 2.04. The number of hydrogen-bond donors (Lipinski definition) is 2. The van der Waals surface area contributed by atoms with Gasteiger partial charge in [-0.05, 0) is 43.2 Å². The second-order valence-corrected chi connectivity index (χ2v) is 4.36. The molecule has 19 heavy (non-hydrogen) atoms. The Morgan fingerprint density at radius 2 is 2.00 bits per heavy atom. The minimum absolute atomic E-state index is 0.0933. The number of carbonyl (C=O) groups is 1. The van der Waals surface area contributed by atoms with E-state index in [0.29, 0.717) is 12.1 Å². The van der Waals surface area contributed by atoms with Crippen molar-refractivity contribution in [1.82, 2.24) is 10.3 Å². The van der Waals surface area contributed by atoms with Crippen LogP contribution in [0.2, 0.25) is 0 Å². The molecule has 0 spiro atoms. The summed E-state index contributed by atoms with van der Waals surface area (Å²) in [5.74, 6) is 0.157. The zero-order valence-corrected chi connectivity index (χ0v) is 10.8. The summed E-state index contributed by atoms with van der Waals surface area (Å²) in [7, 11) is 0. The summed E-state index contributed by atoms with van der Waals surface area (Å²) in [5, 5.41) is 12.0. The lowest BCUT2D eigenvalue weighted by Crippen LogP contribution is -2.25. The number of phenols is 1. The number of amides is 1. The van der Waals surface area contributed by atoms with Crippen LogP contribution in [0.5, 0.6) is 5.75 Å². The van der Waals surface area contributed by atoms with Crippen molar-refractivity contribution in [2.75, 3.05) is 6.54 Å². The molecule has 0 unspecified atom stereocenters. The molecule has 2 rings (SSSR count). The Labute approximate surface area is 112 Å². The second-order valence-electron chi connectivity index (χ2n) is 4.36. The van der Waals surface area contributed by atoms with Crippen LogP contribution in [0.3, 0.4) is 0 Å². The second kappa shape index (κ2) is 6.00. The Morgan fingerprint density at radius 3 is 2.68 bits per heavy atom. The van der Waals surface area contributed by atoms with Gasteiger partial charge in [0.1, 0.15) is 5.75 Å². The molecule has 0 saturated carbocycles. The largest absolute Gasteiger partial charge is 0.508 e. The first-order valence-corrected chi connectivity index (χ1v) is 6.14. The molecule has 0 radical (unpaired) electrons. The molecule has 2 N–H and O–H groups in total. The minimum Gasteiger partial charge on any atom is -0.508 e. The van der Waals surface area contributed by atoms with Gasteiger partial charge < -0.3 is 10.4 Å². The summed E-state index contributed by atoms with van der Waals surface area (Å²) in [6.45, 7) is 2.41. The fraction of sp³-hybridized carbons (Fsp3) is 0.200. The van der Waals surface area contributed by atoms with Crippen LogP contribution in [0.1, 0.15) is 21.6 Å². The van der Waals surface area contributed by atoms with Crippen molar-refractivity contribution in [1.29, 1.82) is 0 Å². The van der Waals surface area contributed by atoms with E-state index in [-0.39, 0.29) is 11.7 Å². The first kappa shape index (κ1) is 13.1. The number of nitrogens with one attached hydrogen (secondary N) is 1. The van der Waals surface area contributed by atoms with Crippen LogP contribution in [0.15, 0.2) is 42.6 Å². The van der Waals surface area contributed by atoms with Crippen molar-refractivity contribution in [3.8, 4) is 5.75 Å².